The molecule has 1 unspecified atom stereocenters. The minimum absolute atomic E-state index is 0.0562. The normalized spacial score (nSPS) is 20.3. The monoisotopic (exact) mass is 484 g/mol. The van der Waals surface area contributed by atoms with Gasteiger partial charge in [0.2, 0.25) is 0 Å². The van der Waals surface area contributed by atoms with Crippen LogP contribution >= 0.6 is 0 Å². The molecule has 1 N–H and O–H groups in total. The minimum Gasteiger partial charge on any atom is -0.508 e. The quantitative estimate of drug-likeness (QED) is 0.457. The predicted octanol–water partition coefficient (Wildman–Crippen LogP) is 5.53. The fourth-order valence-corrected chi connectivity index (χ4v) is 5.44. The Kier molecular flexibility index (Phi) is 7.13. The number of carbonyl (C=O) groups excluding carboxylic acids is 1. The number of nitrogens with zero attached hydrogens (tertiary/aromatic N) is 2. The van der Waals surface area contributed by atoms with Gasteiger partial charge in [-0.05, 0) is 79.1 Å². The van der Waals surface area contributed by atoms with Gasteiger partial charge in [-0.2, -0.15) is 0 Å². The van der Waals surface area contributed by atoms with Crippen molar-refractivity contribution in [3.05, 3.63) is 89.5 Å². The highest BCUT2D eigenvalue weighted by atomic mass is 16.5. The summed E-state index contributed by atoms with van der Waals surface area (Å²) < 4.78 is 6.75. The van der Waals surface area contributed by atoms with Gasteiger partial charge >= 0.3 is 0 Å². The lowest BCUT2D eigenvalue weighted by atomic mass is 9.80. The zero-order valence-electron chi connectivity index (χ0n) is 21.3. The van der Waals surface area contributed by atoms with Crippen LogP contribution in [0.25, 0.3) is 11.1 Å². The Hall–Kier alpha value is -3.15. The van der Waals surface area contributed by atoms with Gasteiger partial charge in [0.25, 0.3) is 5.91 Å². The third-order valence-electron chi connectivity index (χ3n) is 7.58. The summed E-state index contributed by atoms with van der Waals surface area (Å²) in [5, 5.41) is 10.2. The summed E-state index contributed by atoms with van der Waals surface area (Å²) in [5.41, 5.74) is 4.16. The molecule has 1 atom stereocenters. The van der Waals surface area contributed by atoms with Gasteiger partial charge in [0.1, 0.15) is 11.4 Å². The van der Waals surface area contributed by atoms with E-state index in [1.807, 2.05) is 55.1 Å². The van der Waals surface area contributed by atoms with Crippen LogP contribution in [0.15, 0.2) is 72.8 Å². The minimum atomic E-state index is -0.675. The molecule has 1 saturated carbocycles. The van der Waals surface area contributed by atoms with Crippen molar-refractivity contribution in [1.29, 1.82) is 0 Å². The smallest absolute Gasteiger partial charge is 0.253 e. The number of amides is 1. The average Bonchev–Trinajstić information content (AvgIpc) is 3.73. The number of hydrogen-bond acceptors (Lipinski definition) is 4. The van der Waals surface area contributed by atoms with E-state index in [0.717, 1.165) is 47.8 Å². The molecule has 1 amide bonds. The van der Waals surface area contributed by atoms with Gasteiger partial charge in [-0.25, -0.2) is 0 Å². The molecule has 0 bridgehead atoms. The summed E-state index contributed by atoms with van der Waals surface area (Å²) >= 11 is 0. The van der Waals surface area contributed by atoms with E-state index < -0.39 is 5.60 Å². The first-order valence-corrected chi connectivity index (χ1v) is 13.2. The van der Waals surface area contributed by atoms with Crippen molar-refractivity contribution in [3.63, 3.8) is 0 Å². The van der Waals surface area contributed by atoms with Crippen molar-refractivity contribution >= 4 is 5.91 Å². The molecule has 0 spiro atoms. The summed E-state index contributed by atoms with van der Waals surface area (Å²) in [5.74, 6) is 1.09. The molecule has 1 aliphatic carbocycles. The summed E-state index contributed by atoms with van der Waals surface area (Å²) in [7, 11) is 0. The van der Waals surface area contributed by atoms with Crippen LogP contribution in [0.5, 0.6) is 5.75 Å². The van der Waals surface area contributed by atoms with Gasteiger partial charge in [0, 0.05) is 38.3 Å². The van der Waals surface area contributed by atoms with Crippen LogP contribution in [-0.4, -0.2) is 60.1 Å². The maximum Gasteiger partial charge on any atom is 0.253 e. The topological polar surface area (TPSA) is 53.0 Å². The van der Waals surface area contributed by atoms with Gasteiger partial charge in [-0.3, -0.25) is 9.69 Å². The summed E-state index contributed by atoms with van der Waals surface area (Å²) in [6.45, 7) is 8.81. The van der Waals surface area contributed by atoms with Crippen molar-refractivity contribution in [2.75, 3.05) is 39.3 Å². The van der Waals surface area contributed by atoms with Gasteiger partial charge in [-0.15, -0.1) is 0 Å². The Morgan fingerprint density at radius 3 is 2.47 bits per heavy atom. The van der Waals surface area contributed by atoms with Gasteiger partial charge in [0.05, 0.1) is 6.61 Å². The van der Waals surface area contributed by atoms with Gasteiger partial charge < -0.3 is 14.7 Å². The van der Waals surface area contributed by atoms with Crippen LogP contribution in [-0.2, 0) is 10.3 Å². The van der Waals surface area contributed by atoms with E-state index in [0.29, 0.717) is 25.3 Å². The zero-order chi connectivity index (χ0) is 25.1. The summed E-state index contributed by atoms with van der Waals surface area (Å²) in [6.07, 6.45) is 2.62. The highest BCUT2D eigenvalue weighted by Crippen LogP contribution is 2.43. The van der Waals surface area contributed by atoms with E-state index in [-0.39, 0.29) is 11.7 Å². The zero-order valence-corrected chi connectivity index (χ0v) is 21.3. The number of aromatic hydroxyl groups is 1. The number of carbonyl (C=O) groups is 1. The predicted molar refractivity (Wildman–Crippen MR) is 143 cm³/mol. The second kappa shape index (κ2) is 10.5. The lowest BCUT2D eigenvalue weighted by Crippen LogP contribution is -2.51. The average molecular weight is 485 g/mol. The van der Waals surface area contributed by atoms with Gasteiger partial charge in [0.15, 0.2) is 0 Å². The first kappa shape index (κ1) is 24.5. The molecule has 1 saturated heterocycles. The molecular weight excluding hydrogens is 448 g/mol. The van der Waals surface area contributed by atoms with Crippen molar-refractivity contribution < 1.29 is 14.6 Å². The van der Waals surface area contributed by atoms with E-state index >= 15 is 0 Å². The molecule has 1 heterocycles. The lowest BCUT2D eigenvalue weighted by molar-refractivity contribution is -0.0889. The summed E-state index contributed by atoms with van der Waals surface area (Å²) in [4.78, 5) is 17.3. The van der Waals surface area contributed by atoms with Crippen molar-refractivity contribution in [2.24, 2.45) is 5.92 Å². The van der Waals surface area contributed by atoms with Crippen LogP contribution in [0, 0.1) is 5.92 Å². The first-order chi connectivity index (χ1) is 17.5. The van der Waals surface area contributed by atoms with Crippen molar-refractivity contribution in [2.45, 2.75) is 32.3 Å². The van der Waals surface area contributed by atoms with Crippen molar-refractivity contribution in [1.82, 2.24) is 9.80 Å². The Balaban J connectivity index is 1.59. The Morgan fingerprint density at radius 1 is 1.03 bits per heavy atom. The van der Waals surface area contributed by atoms with Gasteiger partial charge in [-0.1, -0.05) is 48.5 Å². The van der Waals surface area contributed by atoms with E-state index in [4.69, 9.17) is 4.74 Å². The largest absolute Gasteiger partial charge is 0.508 e. The highest BCUT2D eigenvalue weighted by Gasteiger charge is 2.43. The van der Waals surface area contributed by atoms with E-state index in [9.17, 15) is 9.90 Å². The molecule has 0 radical (unpaired) electrons. The van der Waals surface area contributed by atoms with Crippen LogP contribution in [0.3, 0.4) is 0 Å². The maximum atomic E-state index is 13.0. The number of hydrogen-bond donors (Lipinski definition) is 1. The molecule has 2 fully saturated rings. The number of phenols is 1. The molecule has 3 aromatic carbocycles. The van der Waals surface area contributed by atoms with E-state index in [1.54, 1.807) is 6.07 Å². The fraction of sp³-hybridized carbons (Fsp3) is 0.387. The van der Waals surface area contributed by atoms with Crippen molar-refractivity contribution in [3.8, 4) is 16.9 Å². The number of benzene rings is 3. The standard InChI is InChI=1S/C31H36N2O3/c1-3-33(4-2)30(35)24-14-16-26(17-15-24)31(22-32(18-19-36-31)21-23-12-13-23)29-11-6-5-10-28(29)25-8-7-9-27(34)20-25/h5-11,14-17,20,23,34H,3-4,12-13,18-19,21-22H2,1-2H3. The van der Waals surface area contributed by atoms with E-state index in [2.05, 4.69) is 35.2 Å². The third kappa shape index (κ3) is 4.91. The van der Waals surface area contributed by atoms with Crippen LogP contribution < -0.4 is 0 Å². The Labute approximate surface area is 214 Å². The Morgan fingerprint density at radius 2 is 1.78 bits per heavy atom. The Bertz CT molecular complexity index is 1200. The van der Waals surface area contributed by atoms with Crippen LogP contribution in [0.4, 0.5) is 0 Å². The number of rotatable bonds is 8. The summed E-state index contributed by atoms with van der Waals surface area (Å²) in [6, 6.07) is 23.8. The van der Waals surface area contributed by atoms with Crippen LogP contribution in [0.2, 0.25) is 0 Å². The molecule has 1 aliphatic heterocycles. The first-order valence-electron chi connectivity index (χ1n) is 13.2. The maximum absolute atomic E-state index is 13.0. The molecule has 188 valence electrons. The third-order valence-corrected chi connectivity index (χ3v) is 7.58. The molecule has 36 heavy (non-hydrogen) atoms. The molecule has 2 aliphatic rings. The number of morpholine rings is 1. The number of phenolic OH excluding ortho intramolecular Hbond substituents is 1. The molecule has 3 aromatic rings. The molecule has 5 nitrogen and oxygen atoms in total. The second-order valence-electron chi connectivity index (χ2n) is 10.0. The molecule has 0 aromatic heterocycles. The fourth-order valence-electron chi connectivity index (χ4n) is 5.44. The molecular formula is C31H36N2O3. The van der Waals surface area contributed by atoms with Crippen LogP contribution in [0.1, 0.15) is 48.2 Å². The van der Waals surface area contributed by atoms with E-state index in [1.165, 1.54) is 12.8 Å². The number of ether oxygens (including phenoxy) is 1. The molecule has 5 rings (SSSR count). The SMILES string of the molecule is CCN(CC)C(=O)c1ccc(C2(c3ccccc3-c3cccc(O)c3)CN(CC3CC3)CCO2)cc1. The highest BCUT2D eigenvalue weighted by molar-refractivity contribution is 5.94. The lowest BCUT2D eigenvalue weighted by Gasteiger charge is -2.44. The molecule has 5 heteroatoms. The second-order valence-corrected chi connectivity index (χ2v) is 10.0.